The first-order valence-electron chi connectivity index (χ1n) is 10.3. The molecule has 1 heterocycles. The Bertz CT molecular complexity index is 1260. The fraction of sp³-hybridized carbons (Fsp3) is 0.160. The number of anilines is 2. The van der Waals surface area contributed by atoms with Gasteiger partial charge in [-0.2, -0.15) is 0 Å². The molecule has 2 N–H and O–H groups in total. The summed E-state index contributed by atoms with van der Waals surface area (Å²) in [5, 5.41) is 5.72. The molecule has 0 fully saturated rings. The molecule has 1 aromatic heterocycles. The molecule has 0 aliphatic heterocycles. The van der Waals surface area contributed by atoms with Gasteiger partial charge >= 0.3 is 0 Å². The highest BCUT2D eigenvalue weighted by Gasteiger charge is 2.10. The normalized spacial score (nSPS) is 10.8. The van der Waals surface area contributed by atoms with Crippen LogP contribution in [-0.4, -0.2) is 32.9 Å². The van der Waals surface area contributed by atoms with Crippen molar-refractivity contribution in [2.45, 2.75) is 6.92 Å². The van der Waals surface area contributed by atoms with Crippen LogP contribution in [0.25, 0.3) is 22.4 Å². The number of carbonyl (C=O) groups excluding carboxylic acids is 2. The zero-order chi connectivity index (χ0) is 22.5. The second-order valence-corrected chi connectivity index (χ2v) is 8.50. The van der Waals surface area contributed by atoms with E-state index in [0.717, 1.165) is 33.7 Å². The first kappa shape index (κ1) is 21.6. The van der Waals surface area contributed by atoms with Gasteiger partial charge in [-0.05, 0) is 61.0 Å². The van der Waals surface area contributed by atoms with Gasteiger partial charge in [0.2, 0.25) is 11.8 Å². The molecule has 0 aliphatic rings. The third-order valence-electron chi connectivity index (χ3n) is 4.98. The molecule has 32 heavy (non-hydrogen) atoms. The highest BCUT2D eigenvalue weighted by Crippen LogP contribution is 2.24. The largest absolute Gasteiger partial charge is 0.327 e. The average Bonchev–Trinajstić information content (AvgIpc) is 3.11. The molecule has 0 saturated carbocycles. The van der Waals surface area contributed by atoms with E-state index in [1.54, 1.807) is 0 Å². The summed E-state index contributed by atoms with van der Waals surface area (Å²) in [4.78, 5) is 29.0. The van der Waals surface area contributed by atoms with Crippen LogP contribution in [0.2, 0.25) is 0 Å². The van der Waals surface area contributed by atoms with Crippen LogP contribution >= 0.6 is 11.8 Å². The average molecular weight is 445 g/mol. The molecule has 3 aromatic carbocycles. The van der Waals surface area contributed by atoms with Crippen molar-refractivity contribution in [2.75, 3.05) is 22.1 Å². The van der Waals surface area contributed by atoms with Crippen LogP contribution in [0, 0.1) is 6.92 Å². The number of thioether (sulfide) groups is 1. The van der Waals surface area contributed by atoms with E-state index in [0.29, 0.717) is 5.69 Å². The number of hydrogen-bond donors (Lipinski definition) is 2. The maximum atomic E-state index is 12.2. The summed E-state index contributed by atoms with van der Waals surface area (Å²) in [5.41, 5.74) is 5.55. The van der Waals surface area contributed by atoms with Crippen molar-refractivity contribution >= 4 is 46.0 Å². The number of para-hydroxylation sites is 2. The van der Waals surface area contributed by atoms with E-state index in [1.807, 2.05) is 86.8 Å². The third-order valence-corrected chi connectivity index (χ3v) is 5.91. The van der Waals surface area contributed by atoms with Gasteiger partial charge in [0, 0.05) is 24.0 Å². The number of imidazole rings is 1. The van der Waals surface area contributed by atoms with Crippen molar-refractivity contribution in [3.05, 3.63) is 78.4 Å². The number of nitrogens with zero attached hydrogens (tertiary/aromatic N) is 2. The lowest BCUT2D eigenvalue weighted by molar-refractivity contribution is -0.114. The van der Waals surface area contributed by atoms with Gasteiger partial charge in [-0.25, -0.2) is 4.98 Å². The Labute approximate surface area is 191 Å². The molecule has 0 spiro atoms. The molecule has 6 nitrogen and oxygen atoms in total. The van der Waals surface area contributed by atoms with Crippen LogP contribution in [0.15, 0.2) is 72.8 Å². The van der Waals surface area contributed by atoms with Crippen molar-refractivity contribution in [2.24, 2.45) is 7.05 Å². The van der Waals surface area contributed by atoms with Gasteiger partial charge in [0.1, 0.15) is 5.82 Å². The van der Waals surface area contributed by atoms with E-state index in [-0.39, 0.29) is 23.3 Å². The monoisotopic (exact) mass is 444 g/mol. The standard InChI is InChI=1S/C25H24N4O2S/c1-17-6-5-7-20(14-17)27-24(31)16-32-15-23(30)26-19-12-10-18(11-13-19)25-28-21-8-3-4-9-22(21)29(25)2/h3-14H,15-16H2,1-2H3,(H,26,30)(H,27,31). The first-order valence-corrected chi connectivity index (χ1v) is 11.4. The van der Waals surface area contributed by atoms with Gasteiger partial charge in [-0.3, -0.25) is 9.59 Å². The Morgan fingerprint density at radius 3 is 2.25 bits per heavy atom. The van der Waals surface area contributed by atoms with Crippen LogP contribution < -0.4 is 10.6 Å². The van der Waals surface area contributed by atoms with E-state index in [1.165, 1.54) is 11.8 Å². The van der Waals surface area contributed by atoms with Crippen LogP contribution in [0.4, 0.5) is 11.4 Å². The molecule has 162 valence electrons. The molecular weight excluding hydrogens is 420 g/mol. The number of nitrogens with one attached hydrogen (secondary N) is 2. The maximum absolute atomic E-state index is 12.2. The summed E-state index contributed by atoms with van der Waals surface area (Å²) in [6.07, 6.45) is 0. The zero-order valence-corrected chi connectivity index (χ0v) is 18.8. The molecule has 0 unspecified atom stereocenters. The molecule has 0 aliphatic carbocycles. The Morgan fingerprint density at radius 2 is 1.56 bits per heavy atom. The second-order valence-electron chi connectivity index (χ2n) is 7.52. The minimum absolute atomic E-state index is 0.125. The highest BCUT2D eigenvalue weighted by atomic mass is 32.2. The molecule has 4 aromatic rings. The Balaban J connectivity index is 1.28. The van der Waals surface area contributed by atoms with Gasteiger partial charge < -0.3 is 15.2 Å². The van der Waals surface area contributed by atoms with Crippen LogP contribution in [-0.2, 0) is 16.6 Å². The van der Waals surface area contributed by atoms with E-state index in [4.69, 9.17) is 4.98 Å². The van der Waals surface area contributed by atoms with Crippen molar-refractivity contribution < 1.29 is 9.59 Å². The summed E-state index contributed by atoms with van der Waals surface area (Å²) in [6.45, 7) is 1.97. The molecule has 2 amide bonds. The zero-order valence-electron chi connectivity index (χ0n) is 18.0. The first-order chi connectivity index (χ1) is 15.5. The van der Waals surface area contributed by atoms with Gasteiger partial charge in [-0.1, -0.05) is 24.3 Å². The van der Waals surface area contributed by atoms with Gasteiger partial charge in [0.15, 0.2) is 0 Å². The van der Waals surface area contributed by atoms with Gasteiger partial charge in [0.25, 0.3) is 0 Å². The molecule has 0 bridgehead atoms. The van der Waals surface area contributed by atoms with Crippen molar-refractivity contribution in [1.29, 1.82) is 0 Å². The van der Waals surface area contributed by atoms with Crippen LogP contribution in [0.3, 0.4) is 0 Å². The molecular formula is C25H24N4O2S. The predicted octanol–water partition coefficient (Wildman–Crippen LogP) is 4.86. The lowest BCUT2D eigenvalue weighted by atomic mass is 10.2. The maximum Gasteiger partial charge on any atom is 0.234 e. The lowest BCUT2D eigenvalue weighted by Crippen LogP contribution is -2.18. The number of carbonyl (C=O) groups is 2. The summed E-state index contributed by atoms with van der Waals surface area (Å²) in [6, 6.07) is 23.2. The van der Waals surface area contributed by atoms with Crippen LogP contribution in [0.1, 0.15) is 5.56 Å². The van der Waals surface area contributed by atoms with Crippen molar-refractivity contribution in [3.63, 3.8) is 0 Å². The summed E-state index contributed by atoms with van der Waals surface area (Å²) < 4.78 is 2.06. The molecule has 0 radical (unpaired) electrons. The number of amides is 2. The fourth-order valence-corrected chi connectivity index (χ4v) is 4.08. The van der Waals surface area contributed by atoms with Crippen molar-refractivity contribution in [3.8, 4) is 11.4 Å². The molecule has 7 heteroatoms. The lowest BCUT2D eigenvalue weighted by Gasteiger charge is -2.08. The van der Waals surface area contributed by atoms with Gasteiger partial charge in [0.05, 0.1) is 22.5 Å². The number of aromatic nitrogens is 2. The van der Waals surface area contributed by atoms with E-state index < -0.39 is 0 Å². The second kappa shape index (κ2) is 9.70. The Kier molecular flexibility index (Phi) is 6.56. The number of rotatable bonds is 7. The third kappa shape index (κ3) is 5.18. The van der Waals surface area contributed by atoms with Crippen LogP contribution in [0.5, 0.6) is 0 Å². The minimum atomic E-state index is -0.145. The number of aryl methyl sites for hydroxylation is 2. The predicted molar refractivity (Wildman–Crippen MR) is 132 cm³/mol. The van der Waals surface area contributed by atoms with Gasteiger partial charge in [-0.15, -0.1) is 11.8 Å². The summed E-state index contributed by atoms with van der Waals surface area (Å²) >= 11 is 1.28. The number of hydrogen-bond acceptors (Lipinski definition) is 4. The molecule has 4 rings (SSSR count). The summed E-state index contributed by atoms with van der Waals surface area (Å²) in [7, 11) is 1.99. The minimum Gasteiger partial charge on any atom is -0.327 e. The number of fused-ring (bicyclic) bond motifs is 1. The smallest absolute Gasteiger partial charge is 0.234 e. The summed E-state index contributed by atoms with van der Waals surface area (Å²) in [5.74, 6) is 1.02. The van der Waals surface area contributed by atoms with E-state index in [2.05, 4.69) is 15.2 Å². The fourth-order valence-electron chi connectivity index (χ4n) is 3.46. The SMILES string of the molecule is Cc1cccc(NC(=O)CSCC(=O)Nc2ccc(-c3nc4ccccc4n3C)cc2)c1. The molecule has 0 atom stereocenters. The topological polar surface area (TPSA) is 76.0 Å². The van der Waals surface area contributed by atoms with E-state index >= 15 is 0 Å². The Hall–Kier alpha value is -3.58. The quantitative estimate of drug-likeness (QED) is 0.427. The number of benzene rings is 3. The van der Waals surface area contributed by atoms with E-state index in [9.17, 15) is 9.59 Å². The highest BCUT2D eigenvalue weighted by molar-refractivity contribution is 8.00. The van der Waals surface area contributed by atoms with Crippen molar-refractivity contribution in [1.82, 2.24) is 9.55 Å². The molecule has 0 saturated heterocycles. The Morgan fingerprint density at radius 1 is 0.875 bits per heavy atom.